The van der Waals surface area contributed by atoms with Crippen molar-refractivity contribution in [2.45, 2.75) is 131 Å². The molecule has 0 N–H and O–H groups in total. The van der Waals surface area contributed by atoms with Crippen molar-refractivity contribution in [3.05, 3.63) is 186 Å². The van der Waals surface area contributed by atoms with Crippen molar-refractivity contribution in [1.29, 1.82) is 21.0 Å². The van der Waals surface area contributed by atoms with Crippen molar-refractivity contribution in [2.75, 3.05) is 0 Å². The van der Waals surface area contributed by atoms with Crippen molar-refractivity contribution < 1.29 is 0 Å². The number of nitrogens with zero attached hydrogens (tertiary/aromatic N) is 5. The van der Waals surface area contributed by atoms with Crippen molar-refractivity contribution in [2.24, 2.45) is 0 Å². The first-order valence-corrected chi connectivity index (χ1v) is 23.9. The Morgan fingerprint density at radius 1 is 0.300 bits per heavy atom. The first kappa shape index (κ1) is 51.6. The molecular formula is C65H65N5. The molecule has 5 aromatic carbocycles. The van der Waals surface area contributed by atoms with Gasteiger partial charge in [0.1, 0.15) is 0 Å². The summed E-state index contributed by atoms with van der Waals surface area (Å²) in [6.07, 6.45) is 9.45. The largest absolute Gasteiger partial charge is 0.238 e. The van der Waals surface area contributed by atoms with Crippen molar-refractivity contribution in [1.82, 2.24) is 0 Å². The number of benzene rings is 5. The monoisotopic (exact) mass is 916 g/mol. The maximum atomic E-state index is 10.9. The highest BCUT2D eigenvalue weighted by Crippen LogP contribution is 2.37. The molecule has 0 spiro atoms. The molecule has 0 fully saturated rings. The van der Waals surface area contributed by atoms with E-state index in [-0.39, 0.29) is 27.1 Å². The molecule has 0 amide bonds. The Kier molecular flexibility index (Phi) is 14.3. The van der Waals surface area contributed by atoms with Gasteiger partial charge < -0.3 is 0 Å². The fourth-order valence-electron chi connectivity index (χ4n) is 8.34. The normalized spacial score (nSPS) is 17.4. The zero-order valence-electron chi connectivity index (χ0n) is 43.8. The summed E-state index contributed by atoms with van der Waals surface area (Å²) in [5.74, 6) is 0. The van der Waals surface area contributed by atoms with Gasteiger partial charge in [-0.15, -0.1) is 0 Å². The van der Waals surface area contributed by atoms with Crippen LogP contribution in [0.1, 0.15) is 187 Å². The molecule has 5 heteroatoms. The van der Waals surface area contributed by atoms with Crippen molar-refractivity contribution >= 4 is 58.4 Å². The van der Waals surface area contributed by atoms with Gasteiger partial charge in [-0.25, -0.2) is 4.85 Å². The summed E-state index contributed by atoms with van der Waals surface area (Å²) in [6, 6.07) is 40.5. The van der Waals surface area contributed by atoms with Crippen LogP contribution in [0, 0.1) is 51.9 Å². The summed E-state index contributed by atoms with van der Waals surface area (Å²) in [4.78, 5) is 4.11. The Morgan fingerprint density at radius 3 is 0.700 bits per heavy atom. The highest BCUT2D eigenvalue weighted by Gasteiger charge is 2.23. The second-order valence-corrected chi connectivity index (χ2v) is 23.8. The van der Waals surface area contributed by atoms with Crippen LogP contribution in [-0.2, 0) is 27.1 Å². The molecule has 350 valence electrons. The van der Waals surface area contributed by atoms with Crippen LogP contribution in [0.25, 0.3) is 63.2 Å². The minimum absolute atomic E-state index is 0.290. The third-order valence-electron chi connectivity index (χ3n) is 12.8. The Labute approximate surface area is 418 Å². The maximum absolute atomic E-state index is 10.9. The number of hydrogen-bond donors (Lipinski definition) is 0. The molecule has 1 aliphatic rings. The lowest BCUT2D eigenvalue weighted by Gasteiger charge is -2.22. The fourth-order valence-corrected chi connectivity index (χ4v) is 8.34. The van der Waals surface area contributed by atoms with Gasteiger partial charge in [-0.1, -0.05) is 146 Å². The van der Waals surface area contributed by atoms with Gasteiger partial charge in [-0.3, -0.25) is 0 Å². The highest BCUT2D eigenvalue weighted by atomic mass is 14.7. The van der Waals surface area contributed by atoms with Crippen LogP contribution in [0.4, 0.5) is 0 Å². The van der Waals surface area contributed by atoms with Gasteiger partial charge in [0.25, 0.3) is 0 Å². The first-order valence-electron chi connectivity index (χ1n) is 23.9. The molecule has 0 aromatic heterocycles. The first-order chi connectivity index (χ1) is 32.5. The predicted molar refractivity (Wildman–Crippen MR) is 294 cm³/mol. The molecule has 0 aliphatic heterocycles. The molecule has 0 saturated carbocycles. The summed E-state index contributed by atoms with van der Waals surface area (Å²) in [6.45, 7) is 40.6. The summed E-state index contributed by atoms with van der Waals surface area (Å²) < 4.78 is 0. The zero-order valence-corrected chi connectivity index (χ0v) is 43.8. The maximum Gasteiger partial charge on any atom is 0.194 e. The predicted octanol–water partition coefficient (Wildman–Crippen LogP) is 17.2. The Balaban J connectivity index is 1.80. The fraction of sp³-hybridized carbons (Fsp3) is 0.308. The molecule has 70 heavy (non-hydrogen) atoms. The number of fused-ring (bicyclic) bond motifs is 10. The Bertz CT molecular complexity index is 2790. The third kappa shape index (κ3) is 12.1. The molecule has 0 saturated heterocycles. The van der Waals surface area contributed by atoms with Gasteiger partial charge in [0, 0.05) is 0 Å². The van der Waals surface area contributed by atoms with Gasteiger partial charge in [0.15, 0.2) is 5.70 Å². The third-order valence-corrected chi connectivity index (χ3v) is 12.8. The quantitative estimate of drug-likeness (QED) is 0.144. The molecule has 0 radical (unpaired) electrons. The van der Waals surface area contributed by atoms with E-state index in [0.717, 1.165) is 55.6 Å². The lowest BCUT2D eigenvalue weighted by atomic mass is 9.82. The van der Waals surface area contributed by atoms with Gasteiger partial charge in [0.05, 0.1) is 53.1 Å². The summed E-state index contributed by atoms with van der Waals surface area (Å²) in [5.41, 5.74) is 13.2. The Morgan fingerprint density at radius 2 is 0.500 bits per heavy atom. The number of allylic oxidation sites excluding steroid dienone is 4. The summed E-state index contributed by atoms with van der Waals surface area (Å²) >= 11 is 0. The smallest absolute Gasteiger partial charge is 0.194 e. The van der Waals surface area contributed by atoms with E-state index in [1.165, 1.54) is 0 Å². The van der Waals surface area contributed by atoms with E-state index in [2.05, 4.69) is 194 Å². The molecule has 10 bridgehead atoms. The minimum atomic E-state index is -0.295. The number of rotatable bonds is 0. The van der Waals surface area contributed by atoms with Crippen LogP contribution in [0.2, 0.25) is 0 Å². The SMILES string of the molecule is [C-]#[N+]/C1=C\c2cc(cc(C(C)(C)C)c2)/C(C#N)=C/c2cc(cc(C(C)(C)C)c2)/C(C#N)=C/c2cc(cc(C(C)(C)C)c2)/C(C#N)=C/c2cc(cc(C(C)(C)C)c2)/C(C#N)=C/c2cc1cc(C(C)(C)C)c2. The molecule has 0 atom stereocenters. The molecule has 0 heterocycles. The average molecular weight is 916 g/mol. The van der Waals surface area contributed by atoms with Gasteiger partial charge in [-0.05, 0) is 189 Å². The summed E-state index contributed by atoms with van der Waals surface area (Å²) in [7, 11) is 0. The second-order valence-electron chi connectivity index (χ2n) is 23.8. The van der Waals surface area contributed by atoms with Crippen molar-refractivity contribution in [3.63, 3.8) is 0 Å². The van der Waals surface area contributed by atoms with Crippen LogP contribution in [0.5, 0.6) is 0 Å². The molecule has 5 nitrogen and oxygen atoms in total. The Hall–Kier alpha value is -7.75. The van der Waals surface area contributed by atoms with Crippen LogP contribution in [0.15, 0.2) is 91.0 Å². The zero-order chi connectivity index (χ0) is 51.7. The number of hydrogen-bond acceptors (Lipinski definition) is 4. The lowest BCUT2D eigenvalue weighted by molar-refractivity contribution is 0.589. The van der Waals surface area contributed by atoms with E-state index in [4.69, 9.17) is 6.57 Å². The second kappa shape index (κ2) is 19.3. The number of nitriles is 4. The van der Waals surface area contributed by atoms with E-state index in [1.54, 1.807) is 0 Å². The minimum Gasteiger partial charge on any atom is -0.238 e. The van der Waals surface area contributed by atoms with Crippen LogP contribution >= 0.6 is 0 Å². The topological polar surface area (TPSA) is 99.5 Å². The van der Waals surface area contributed by atoms with E-state index < -0.39 is 0 Å². The van der Waals surface area contributed by atoms with E-state index in [9.17, 15) is 21.0 Å². The molecule has 6 rings (SSSR count). The average Bonchev–Trinajstić information content (AvgIpc) is 3.27. The molecule has 1 aliphatic carbocycles. The lowest BCUT2D eigenvalue weighted by Crippen LogP contribution is -2.12. The van der Waals surface area contributed by atoms with Gasteiger partial charge in [0.2, 0.25) is 0 Å². The molecular weight excluding hydrogens is 851 g/mol. The van der Waals surface area contributed by atoms with Crippen LogP contribution < -0.4 is 0 Å². The van der Waals surface area contributed by atoms with Crippen LogP contribution in [0.3, 0.4) is 0 Å². The standard InChI is InChI=1S/C65H65N5/c1-61(2,3)55-26-41-17-46(32-55)52(38-67)23-42-19-48(34-57(27-42)63(7,8)9)54(40-69)25-44-21-50(36-59(29-44)65(13,14)15)60(70-16)31-45-20-49(35-58(30-45)64(10,11)12)53(39-68)24-43-18-47(51(22-41)37-66)33-56(28-43)62(4,5)6/h17-36H,1-15H3/b51-22+,52-23+,53-24+,54-25+,60-31-. The van der Waals surface area contributed by atoms with Gasteiger partial charge in [-0.2, -0.15) is 21.0 Å². The van der Waals surface area contributed by atoms with Crippen molar-refractivity contribution in [3.8, 4) is 24.3 Å². The van der Waals surface area contributed by atoms with Gasteiger partial charge >= 0.3 is 0 Å². The van der Waals surface area contributed by atoms with Crippen LogP contribution in [-0.4, -0.2) is 0 Å². The molecule has 5 aromatic rings. The molecule has 0 unspecified atom stereocenters. The van der Waals surface area contributed by atoms with E-state index in [0.29, 0.717) is 55.8 Å². The summed E-state index contributed by atoms with van der Waals surface area (Å²) in [5, 5.41) is 43.7. The highest BCUT2D eigenvalue weighted by molar-refractivity contribution is 5.97. The van der Waals surface area contributed by atoms with E-state index >= 15 is 0 Å². The van der Waals surface area contributed by atoms with E-state index in [1.807, 2.05) is 60.7 Å².